The van der Waals surface area contributed by atoms with Crippen molar-refractivity contribution in [2.24, 2.45) is 0 Å². The van der Waals surface area contributed by atoms with E-state index >= 15 is 0 Å². The van der Waals surface area contributed by atoms with Gasteiger partial charge in [-0.05, 0) is 15.9 Å². The molecule has 0 aliphatic heterocycles. The molecule has 0 atom stereocenters. The van der Waals surface area contributed by atoms with Gasteiger partial charge in [-0.3, -0.25) is 0 Å². The second-order valence-electron chi connectivity index (χ2n) is 3.84. The molecule has 112 valence electrons. The van der Waals surface area contributed by atoms with Crippen LogP contribution >= 0.6 is 15.9 Å². The molecule has 2 aromatic rings. The van der Waals surface area contributed by atoms with Crippen LogP contribution in [0.3, 0.4) is 0 Å². The summed E-state index contributed by atoms with van der Waals surface area (Å²) >= 11 is 3.29. The first-order valence-corrected chi connectivity index (χ1v) is 6.64. The van der Waals surface area contributed by atoms with Gasteiger partial charge in [0.2, 0.25) is 17.6 Å². The van der Waals surface area contributed by atoms with Crippen molar-refractivity contribution in [2.45, 2.75) is 0 Å². The van der Waals surface area contributed by atoms with E-state index in [2.05, 4.69) is 25.9 Å². The van der Waals surface area contributed by atoms with E-state index < -0.39 is 0 Å². The summed E-state index contributed by atoms with van der Waals surface area (Å²) in [6, 6.07) is 3.32. The summed E-state index contributed by atoms with van der Waals surface area (Å²) in [4.78, 5) is 7.85. The molecule has 0 aliphatic carbocycles. The van der Waals surface area contributed by atoms with Crippen LogP contribution in [0.4, 0.5) is 5.95 Å². The van der Waals surface area contributed by atoms with Crippen molar-refractivity contribution < 1.29 is 18.9 Å². The van der Waals surface area contributed by atoms with Crippen molar-refractivity contribution in [2.75, 3.05) is 27.1 Å². The van der Waals surface area contributed by atoms with Crippen LogP contribution in [-0.2, 0) is 0 Å². The Kier molecular flexibility index (Phi) is 4.69. The van der Waals surface area contributed by atoms with Crippen molar-refractivity contribution in [3.63, 3.8) is 0 Å². The van der Waals surface area contributed by atoms with Crippen LogP contribution in [-0.4, -0.2) is 31.3 Å². The van der Waals surface area contributed by atoms with E-state index in [9.17, 15) is 0 Å². The number of methoxy groups -OCH3 is 3. The number of nitrogens with zero attached hydrogens (tertiary/aromatic N) is 2. The molecular weight excluding hydrogens is 342 g/mol. The maximum absolute atomic E-state index is 5.68. The van der Waals surface area contributed by atoms with Crippen LogP contribution in [0.2, 0.25) is 0 Å². The molecular formula is C13H14BrN3O4. The summed E-state index contributed by atoms with van der Waals surface area (Å²) in [5.41, 5.74) is 5.55. The van der Waals surface area contributed by atoms with E-state index in [1.165, 1.54) is 27.5 Å². The summed E-state index contributed by atoms with van der Waals surface area (Å²) in [7, 11) is 4.59. The fourth-order valence-electron chi connectivity index (χ4n) is 1.66. The van der Waals surface area contributed by atoms with Gasteiger partial charge in [-0.15, -0.1) is 0 Å². The summed E-state index contributed by atoms with van der Waals surface area (Å²) in [6.07, 6.45) is 1.51. The standard InChI is InChI=1S/C13H14BrN3O4/c1-18-9-4-7(5-10(19-2)11(9)20-3)21-12-8(14)6-16-13(15)17-12/h4-6H,1-3H3,(H2,15,16,17). The minimum Gasteiger partial charge on any atom is -0.493 e. The molecule has 2 rings (SSSR count). The Bertz CT molecular complexity index is 626. The SMILES string of the molecule is COc1cc(Oc2nc(N)ncc2Br)cc(OC)c1OC. The Labute approximate surface area is 130 Å². The molecule has 8 heteroatoms. The van der Waals surface area contributed by atoms with Gasteiger partial charge in [0.05, 0.1) is 32.0 Å². The Hall–Kier alpha value is -2.22. The highest BCUT2D eigenvalue weighted by Gasteiger charge is 2.15. The lowest BCUT2D eigenvalue weighted by Gasteiger charge is -2.14. The smallest absolute Gasteiger partial charge is 0.238 e. The molecule has 0 bridgehead atoms. The molecule has 2 N–H and O–H groups in total. The molecule has 1 aromatic carbocycles. The van der Waals surface area contributed by atoms with Crippen molar-refractivity contribution in [3.05, 3.63) is 22.8 Å². The van der Waals surface area contributed by atoms with E-state index in [-0.39, 0.29) is 11.8 Å². The lowest BCUT2D eigenvalue weighted by molar-refractivity contribution is 0.320. The first-order valence-electron chi connectivity index (χ1n) is 5.85. The maximum atomic E-state index is 5.68. The number of hydrogen-bond acceptors (Lipinski definition) is 7. The zero-order valence-electron chi connectivity index (χ0n) is 11.7. The van der Waals surface area contributed by atoms with Crippen LogP contribution in [0.25, 0.3) is 0 Å². The quantitative estimate of drug-likeness (QED) is 0.881. The fraction of sp³-hybridized carbons (Fsp3) is 0.231. The van der Waals surface area contributed by atoms with Crippen molar-refractivity contribution in [1.29, 1.82) is 0 Å². The number of anilines is 1. The molecule has 0 amide bonds. The average molecular weight is 356 g/mol. The highest BCUT2D eigenvalue weighted by molar-refractivity contribution is 9.10. The minimum atomic E-state index is 0.112. The van der Waals surface area contributed by atoms with Crippen molar-refractivity contribution >= 4 is 21.9 Å². The second kappa shape index (κ2) is 6.49. The van der Waals surface area contributed by atoms with Gasteiger partial charge >= 0.3 is 0 Å². The zero-order chi connectivity index (χ0) is 15.4. The van der Waals surface area contributed by atoms with Gasteiger partial charge in [0, 0.05) is 12.1 Å². The van der Waals surface area contributed by atoms with Gasteiger partial charge in [-0.1, -0.05) is 0 Å². The van der Waals surface area contributed by atoms with E-state index in [1.54, 1.807) is 12.1 Å². The van der Waals surface area contributed by atoms with Crippen LogP contribution in [0.15, 0.2) is 22.8 Å². The molecule has 0 saturated heterocycles. The Balaban J connectivity index is 2.42. The highest BCUT2D eigenvalue weighted by Crippen LogP contribution is 2.42. The topological polar surface area (TPSA) is 88.7 Å². The average Bonchev–Trinajstić information content (AvgIpc) is 2.49. The first kappa shape index (κ1) is 15.2. The molecule has 0 radical (unpaired) electrons. The zero-order valence-corrected chi connectivity index (χ0v) is 13.3. The molecule has 7 nitrogen and oxygen atoms in total. The van der Waals surface area contributed by atoms with E-state index in [0.717, 1.165) is 0 Å². The number of halogens is 1. The van der Waals surface area contributed by atoms with Crippen molar-refractivity contribution in [1.82, 2.24) is 9.97 Å². The Morgan fingerprint density at radius 3 is 2.19 bits per heavy atom. The van der Waals surface area contributed by atoms with Gasteiger partial charge in [0.15, 0.2) is 11.5 Å². The lowest BCUT2D eigenvalue weighted by atomic mass is 10.2. The maximum Gasteiger partial charge on any atom is 0.238 e. The number of hydrogen-bond donors (Lipinski definition) is 1. The van der Waals surface area contributed by atoms with Crippen LogP contribution in [0, 0.1) is 0 Å². The van der Waals surface area contributed by atoms with E-state index in [4.69, 9.17) is 24.7 Å². The van der Waals surface area contributed by atoms with Gasteiger partial charge in [-0.25, -0.2) is 4.98 Å². The van der Waals surface area contributed by atoms with E-state index in [0.29, 0.717) is 27.5 Å². The third-order valence-corrected chi connectivity index (χ3v) is 3.13. The number of nitrogen functional groups attached to an aromatic ring is 1. The van der Waals surface area contributed by atoms with Crippen LogP contribution in [0.5, 0.6) is 28.9 Å². The number of nitrogens with two attached hydrogens (primary N) is 1. The predicted molar refractivity (Wildman–Crippen MR) is 80.3 cm³/mol. The third kappa shape index (κ3) is 3.27. The number of benzene rings is 1. The first-order chi connectivity index (χ1) is 10.1. The Morgan fingerprint density at radius 1 is 1.05 bits per heavy atom. The number of aromatic nitrogens is 2. The van der Waals surface area contributed by atoms with Gasteiger partial charge < -0.3 is 24.7 Å². The monoisotopic (exact) mass is 355 g/mol. The summed E-state index contributed by atoms with van der Waals surface area (Å²) < 4.78 is 22.0. The minimum absolute atomic E-state index is 0.112. The third-order valence-electron chi connectivity index (χ3n) is 2.58. The summed E-state index contributed by atoms with van der Waals surface area (Å²) in [5.74, 6) is 2.30. The fourth-order valence-corrected chi connectivity index (χ4v) is 1.94. The molecule has 0 unspecified atom stereocenters. The number of rotatable bonds is 5. The van der Waals surface area contributed by atoms with Crippen LogP contribution in [0.1, 0.15) is 0 Å². The van der Waals surface area contributed by atoms with Crippen LogP contribution < -0.4 is 24.7 Å². The van der Waals surface area contributed by atoms with Crippen molar-refractivity contribution in [3.8, 4) is 28.9 Å². The second-order valence-corrected chi connectivity index (χ2v) is 4.70. The highest BCUT2D eigenvalue weighted by atomic mass is 79.9. The normalized spacial score (nSPS) is 10.1. The van der Waals surface area contributed by atoms with Gasteiger partial charge in [0.1, 0.15) is 5.75 Å². The Morgan fingerprint density at radius 2 is 1.67 bits per heavy atom. The molecule has 0 fully saturated rings. The lowest BCUT2D eigenvalue weighted by Crippen LogP contribution is -1.99. The molecule has 0 saturated carbocycles. The van der Waals surface area contributed by atoms with Gasteiger partial charge in [0.25, 0.3) is 0 Å². The molecule has 1 heterocycles. The summed E-state index contributed by atoms with van der Waals surface area (Å²) in [5, 5.41) is 0. The van der Waals surface area contributed by atoms with E-state index in [1.807, 2.05) is 0 Å². The summed E-state index contributed by atoms with van der Waals surface area (Å²) in [6.45, 7) is 0. The number of ether oxygens (including phenoxy) is 4. The molecule has 0 aliphatic rings. The van der Waals surface area contributed by atoms with Gasteiger partial charge in [-0.2, -0.15) is 4.98 Å². The molecule has 0 spiro atoms. The molecule has 21 heavy (non-hydrogen) atoms. The molecule has 1 aromatic heterocycles. The largest absolute Gasteiger partial charge is 0.493 e. The predicted octanol–water partition coefficient (Wildman–Crippen LogP) is 2.64.